The number of likely N-dealkylation sites (tertiary alicyclic amines) is 1. The van der Waals surface area contributed by atoms with Crippen LogP contribution in [0.4, 0.5) is 0 Å². The first-order chi connectivity index (χ1) is 13.2. The molecule has 27 heavy (non-hydrogen) atoms. The van der Waals surface area contributed by atoms with E-state index in [-0.39, 0.29) is 18.4 Å². The first kappa shape index (κ1) is 16.3. The summed E-state index contributed by atoms with van der Waals surface area (Å²) in [7, 11) is 0. The van der Waals surface area contributed by atoms with Crippen molar-refractivity contribution in [1.29, 1.82) is 0 Å². The van der Waals surface area contributed by atoms with Crippen molar-refractivity contribution in [3.05, 3.63) is 45.8 Å². The smallest absolute Gasteiger partial charge is 0.252 e. The Kier molecular flexibility index (Phi) is 3.86. The van der Waals surface area contributed by atoms with E-state index < -0.39 is 0 Å². The number of hydrogen-bond donors (Lipinski definition) is 1. The molecule has 4 heterocycles. The van der Waals surface area contributed by atoms with Crippen LogP contribution in [0.5, 0.6) is 11.5 Å². The molecule has 2 aromatic heterocycles. The van der Waals surface area contributed by atoms with Crippen LogP contribution in [0.1, 0.15) is 42.6 Å². The molecule has 2 aliphatic heterocycles. The SMILES string of the molecule is Cc1noc([C@H]2CCCCN2Cc2cc3cc4c(cc3[nH]c2=O)OCO4)n1. The molecule has 0 radical (unpaired) electrons. The van der Waals surface area contributed by atoms with Crippen LogP contribution in [0.2, 0.25) is 0 Å². The molecule has 1 saturated heterocycles. The van der Waals surface area contributed by atoms with Crippen molar-refractivity contribution in [2.45, 2.75) is 38.8 Å². The third-order valence-corrected chi connectivity index (χ3v) is 5.23. The number of hydrogen-bond acceptors (Lipinski definition) is 7. The van der Waals surface area contributed by atoms with Gasteiger partial charge in [0.25, 0.3) is 5.56 Å². The number of pyridine rings is 1. The fourth-order valence-corrected chi connectivity index (χ4v) is 3.89. The first-order valence-electron chi connectivity index (χ1n) is 9.17. The average Bonchev–Trinajstić information content (AvgIpc) is 3.29. The standard InChI is InChI=1S/C19H20N4O4/c1-11-20-19(27-22-11)15-4-2-3-5-23(15)9-13-6-12-7-16-17(26-10-25-16)8-14(12)21-18(13)24/h6-8,15H,2-5,9-10H2,1H3,(H,21,24)/t15-/m1/s1. The van der Waals surface area contributed by atoms with E-state index >= 15 is 0 Å². The molecule has 1 atom stereocenters. The Hall–Kier alpha value is -2.87. The van der Waals surface area contributed by atoms with Gasteiger partial charge in [-0.2, -0.15) is 4.98 Å². The lowest BCUT2D eigenvalue weighted by Gasteiger charge is -2.33. The van der Waals surface area contributed by atoms with Crippen LogP contribution in [0, 0.1) is 6.92 Å². The molecule has 0 saturated carbocycles. The number of aryl methyl sites for hydroxylation is 1. The number of fused-ring (bicyclic) bond motifs is 2. The molecule has 2 aliphatic rings. The van der Waals surface area contributed by atoms with Crippen molar-refractivity contribution in [2.75, 3.05) is 13.3 Å². The number of rotatable bonds is 3. The molecule has 0 unspecified atom stereocenters. The lowest BCUT2D eigenvalue weighted by molar-refractivity contribution is 0.111. The quantitative estimate of drug-likeness (QED) is 0.759. The van der Waals surface area contributed by atoms with E-state index in [2.05, 4.69) is 20.0 Å². The van der Waals surface area contributed by atoms with Crippen LogP contribution in [0.3, 0.4) is 0 Å². The largest absolute Gasteiger partial charge is 0.454 e. The van der Waals surface area contributed by atoms with Crippen LogP contribution in [0.15, 0.2) is 27.5 Å². The number of nitrogens with zero attached hydrogens (tertiary/aromatic N) is 3. The monoisotopic (exact) mass is 368 g/mol. The number of ether oxygens (including phenoxy) is 2. The maximum atomic E-state index is 12.6. The van der Waals surface area contributed by atoms with Gasteiger partial charge in [0.05, 0.1) is 11.6 Å². The Bertz CT molecular complexity index is 1060. The second-order valence-corrected chi connectivity index (χ2v) is 7.08. The fourth-order valence-electron chi connectivity index (χ4n) is 3.89. The van der Waals surface area contributed by atoms with Crippen molar-refractivity contribution in [3.8, 4) is 11.5 Å². The molecule has 0 spiro atoms. The zero-order chi connectivity index (χ0) is 18.4. The summed E-state index contributed by atoms with van der Waals surface area (Å²) in [6.45, 7) is 3.46. The van der Waals surface area contributed by atoms with Gasteiger partial charge >= 0.3 is 0 Å². The van der Waals surface area contributed by atoms with Crippen LogP contribution in [-0.4, -0.2) is 33.4 Å². The number of benzene rings is 1. The van der Waals surface area contributed by atoms with Gasteiger partial charge in [-0.25, -0.2) is 0 Å². The van der Waals surface area contributed by atoms with E-state index in [1.54, 1.807) is 0 Å². The fraction of sp³-hybridized carbons (Fsp3) is 0.421. The van der Waals surface area contributed by atoms with E-state index in [0.717, 1.165) is 36.7 Å². The van der Waals surface area contributed by atoms with Crippen molar-refractivity contribution < 1.29 is 14.0 Å². The van der Waals surface area contributed by atoms with Crippen LogP contribution in [0.25, 0.3) is 10.9 Å². The molecule has 8 heteroatoms. The molecule has 5 rings (SSSR count). The number of aromatic amines is 1. The molecule has 140 valence electrons. The Morgan fingerprint density at radius 1 is 1.22 bits per heavy atom. The summed E-state index contributed by atoms with van der Waals surface area (Å²) < 4.78 is 16.2. The lowest BCUT2D eigenvalue weighted by Crippen LogP contribution is -2.35. The van der Waals surface area contributed by atoms with Gasteiger partial charge in [-0.1, -0.05) is 11.6 Å². The van der Waals surface area contributed by atoms with Gasteiger partial charge in [0.2, 0.25) is 12.7 Å². The molecule has 0 bridgehead atoms. The first-order valence-corrected chi connectivity index (χ1v) is 9.17. The summed E-state index contributed by atoms with van der Waals surface area (Å²) in [5.41, 5.74) is 1.37. The molecule has 1 fully saturated rings. The maximum Gasteiger partial charge on any atom is 0.252 e. The highest BCUT2D eigenvalue weighted by Crippen LogP contribution is 2.36. The van der Waals surface area contributed by atoms with Crippen LogP contribution in [-0.2, 0) is 6.54 Å². The predicted molar refractivity (Wildman–Crippen MR) is 96.7 cm³/mol. The molecule has 1 aromatic carbocycles. The second-order valence-electron chi connectivity index (χ2n) is 7.08. The van der Waals surface area contributed by atoms with E-state index in [9.17, 15) is 4.79 Å². The Morgan fingerprint density at radius 2 is 2.07 bits per heavy atom. The molecule has 8 nitrogen and oxygen atoms in total. The highest BCUT2D eigenvalue weighted by Gasteiger charge is 2.29. The summed E-state index contributed by atoms with van der Waals surface area (Å²) in [6, 6.07) is 5.70. The number of piperidine rings is 1. The van der Waals surface area contributed by atoms with Gasteiger partial charge < -0.3 is 19.0 Å². The summed E-state index contributed by atoms with van der Waals surface area (Å²) in [6.07, 6.45) is 3.15. The van der Waals surface area contributed by atoms with E-state index in [1.165, 1.54) is 0 Å². The van der Waals surface area contributed by atoms with E-state index in [0.29, 0.717) is 35.3 Å². The third-order valence-electron chi connectivity index (χ3n) is 5.23. The Balaban J connectivity index is 1.48. The minimum Gasteiger partial charge on any atom is -0.454 e. The van der Waals surface area contributed by atoms with Gasteiger partial charge in [-0.05, 0) is 38.4 Å². The minimum absolute atomic E-state index is 0.0480. The molecule has 0 aliphatic carbocycles. The number of H-pyrrole nitrogens is 1. The van der Waals surface area contributed by atoms with Gasteiger partial charge in [0.1, 0.15) is 0 Å². The highest BCUT2D eigenvalue weighted by molar-refractivity contribution is 5.83. The van der Waals surface area contributed by atoms with Crippen molar-refractivity contribution in [2.24, 2.45) is 0 Å². The maximum absolute atomic E-state index is 12.6. The molecule has 0 amide bonds. The van der Waals surface area contributed by atoms with Crippen molar-refractivity contribution in [3.63, 3.8) is 0 Å². The molecule has 3 aromatic rings. The summed E-state index contributed by atoms with van der Waals surface area (Å²) in [4.78, 5) is 22.3. The zero-order valence-corrected chi connectivity index (χ0v) is 15.0. The van der Waals surface area contributed by atoms with Crippen LogP contribution < -0.4 is 15.0 Å². The molecular formula is C19H20N4O4. The number of aromatic nitrogens is 3. The van der Waals surface area contributed by atoms with Gasteiger partial charge in [0.15, 0.2) is 17.3 Å². The molecular weight excluding hydrogens is 348 g/mol. The number of nitrogens with one attached hydrogen (secondary N) is 1. The second kappa shape index (κ2) is 6.38. The van der Waals surface area contributed by atoms with Gasteiger partial charge in [-0.15, -0.1) is 0 Å². The average molecular weight is 368 g/mol. The molecule has 1 N–H and O–H groups in total. The minimum atomic E-state index is -0.0904. The van der Waals surface area contributed by atoms with Crippen molar-refractivity contribution >= 4 is 10.9 Å². The summed E-state index contributed by atoms with van der Waals surface area (Å²) in [5.74, 6) is 2.63. The van der Waals surface area contributed by atoms with Gasteiger partial charge in [0, 0.05) is 23.6 Å². The zero-order valence-electron chi connectivity index (χ0n) is 15.0. The van der Waals surface area contributed by atoms with E-state index in [4.69, 9.17) is 14.0 Å². The highest BCUT2D eigenvalue weighted by atomic mass is 16.7. The summed E-state index contributed by atoms with van der Waals surface area (Å²) in [5, 5.41) is 4.85. The van der Waals surface area contributed by atoms with E-state index in [1.807, 2.05) is 25.1 Å². The lowest BCUT2D eigenvalue weighted by atomic mass is 10.0. The predicted octanol–water partition coefficient (Wildman–Crippen LogP) is 2.68. The van der Waals surface area contributed by atoms with Crippen molar-refractivity contribution in [1.82, 2.24) is 20.0 Å². The third kappa shape index (κ3) is 2.95. The topological polar surface area (TPSA) is 93.5 Å². The normalized spacial score (nSPS) is 19.7. The Morgan fingerprint density at radius 3 is 2.89 bits per heavy atom. The van der Waals surface area contributed by atoms with Gasteiger partial charge in [-0.3, -0.25) is 9.69 Å². The Labute approximate surface area is 155 Å². The summed E-state index contributed by atoms with van der Waals surface area (Å²) >= 11 is 0. The van der Waals surface area contributed by atoms with Crippen LogP contribution >= 0.6 is 0 Å².